The molecule has 8 rings (SSSR count). The largest absolute Gasteiger partial charge is 0.396 e. The van der Waals surface area contributed by atoms with Crippen molar-refractivity contribution in [2.45, 2.75) is 439 Å². The minimum Gasteiger partial charge on any atom is -0.396 e. The van der Waals surface area contributed by atoms with Crippen molar-refractivity contribution < 1.29 is 43.3 Å². The second kappa shape index (κ2) is 62.6. The molecular weight excluding hydrogens is 1590 g/mol. The smallest absolute Gasteiger partial charge is 0.146 e. The highest BCUT2D eigenvalue weighted by atomic mass is 19.1. The summed E-state index contributed by atoms with van der Waals surface area (Å²) in [4.78, 5) is 68.8. The van der Waals surface area contributed by atoms with E-state index < -0.39 is 6.17 Å². The highest BCUT2D eigenvalue weighted by Crippen LogP contribution is 2.41. The van der Waals surface area contributed by atoms with E-state index in [9.17, 15) is 33.5 Å². The number of Topliss-reactive ketones (excluding diaryl/α,β-unsaturated/α-hetero) is 5. The standard InChI is InChI=1S/C13H25NO.C12H22FNO.C12H23NO2.C12H23NO.C10H21NO.3C10H21N.C8H16O2.C7H16.C5H12.2CH4/c1-10(11(2)15)14-8-6-12(7-9-14)13(3,4)5;1-9(15)7-14-6-5-10(11(13)8-14)12(2,3)4;1-9(15)6-13-7-10(12(2,3)4)5-11(13)8-14;1-10(14)9-13-7-5-11(6-8-13)12(2,3)4;1-10(2,3)8-5-9(7-12-4)11-6-8;1-10(2,3)9-5-7-11(4)8-6-9;1-10(2,3)6-9-11-7-4-5-8-11;1-5-9-6-8(7-11-9)10(2,3)4;1-6(10)7(5-9)8(2,3)4;1-5-6-7(2,3)4;1-5(2,3)4;;/h10,12H,6-9H2,1-5H3;10-11H,5-8H2,1-4H3;10-11,14H,5-8H2,1-4H3;11H,5-9H2,1-4H3;8-9,11H,5-7H2,1-4H3;9H,5-8H2,1-4H3;4-9H2,1-3H3;8-9,11H,5-7H2,1-4H3;7,9H,5H2,1-4H3;5-6H2,1-4H3;1-4H3;2*1H4. The summed E-state index contributed by atoms with van der Waals surface area (Å²) in [7, 11) is 3.99. The van der Waals surface area contributed by atoms with Crippen molar-refractivity contribution >= 4 is 28.9 Å². The zero-order valence-electron chi connectivity index (χ0n) is 92.4. The zero-order chi connectivity index (χ0) is 98.9. The van der Waals surface area contributed by atoms with Crippen LogP contribution in [0.1, 0.15) is 408 Å². The maximum atomic E-state index is 13.9. The van der Waals surface area contributed by atoms with Crippen molar-refractivity contribution in [1.29, 1.82) is 0 Å². The van der Waals surface area contributed by atoms with E-state index in [4.69, 9.17) is 9.84 Å². The van der Waals surface area contributed by atoms with E-state index in [0.717, 1.165) is 101 Å². The van der Waals surface area contributed by atoms with Crippen LogP contribution in [0, 0.1) is 107 Å². The summed E-state index contributed by atoms with van der Waals surface area (Å²) in [6, 6.07) is 1.67. The third-order valence-corrected chi connectivity index (χ3v) is 27.5. The maximum Gasteiger partial charge on any atom is 0.146 e. The Balaban J connectivity index is -0.000000437. The highest BCUT2D eigenvalue weighted by molar-refractivity contribution is 5.81. The molecule has 0 aliphatic carbocycles. The molecule has 768 valence electrons. The second-order valence-corrected chi connectivity index (χ2v) is 52.6. The number of ether oxygens (including phenoxy) is 1. The molecule has 17 heteroatoms. The van der Waals surface area contributed by atoms with E-state index in [0.29, 0.717) is 93.0 Å². The lowest BCUT2D eigenvalue weighted by molar-refractivity contribution is -0.125. The van der Waals surface area contributed by atoms with E-state index in [1.54, 1.807) is 34.8 Å². The molecule has 128 heavy (non-hydrogen) atoms. The molecule has 8 aliphatic rings. The molecule has 8 fully saturated rings. The quantitative estimate of drug-likeness (QED) is 0.108. The first-order chi connectivity index (χ1) is 57.0. The lowest BCUT2D eigenvalue weighted by atomic mass is 9.74. The van der Waals surface area contributed by atoms with Gasteiger partial charge in [-0.05, 0) is 324 Å². The van der Waals surface area contributed by atoms with Gasteiger partial charge in [-0.1, -0.05) is 271 Å². The topological polar surface area (TPSA) is 179 Å². The average Bonchev–Trinajstić information content (AvgIpc) is 1.79. The molecule has 0 aromatic carbocycles. The van der Waals surface area contributed by atoms with Crippen LogP contribution in [0.2, 0.25) is 0 Å². The summed E-state index contributed by atoms with van der Waals surface area (Å²) in [5, 5.41) is 25.1. The summed E-state index contributed by atoms with van der Waals surface area (Å²) in [6.07, 6.45) is 19.6. The van der Waals surface area contributed by atoms with Gasteiger partial charge in [0.25, 0.3) is 0 Å². The summed E-state index contributed by atoms with van der Waals surface area (Å²) in [5.74, 6) is 5.71. The Bertz CT molecular complexity index is 2830. The molecule has 0 radical (unpaired) electrons. The van der Waals surface area contributed by atoms with E-state index in [1.165, 1.54) is 136 Å². The van der Waals surface area contributed by atoms with Crippen LogP contribution in [0.15, 0.2) is 0 Å². The molecule has 0 bridgehead atoms. The number of aliphatic hydroxyl groups is 2. The number of piperidine rings is 4. The van der Waals surface area contributed by atoms with Crippen molar-refractivity contribution in [3.63, 3.8) is 0 Å². The fraction of sp³-hybridized carbons (Fsp3) is 0.955. The van der Waals surface area contributed by atoms with Crippen LogP contribution < -0.4 is 10.6 Å². The van der Waals surface area contributed by atoms with Gasteiger partial charge in [-0.15, -0.1) is 0 Å². The number of aliphatic hydroxyl groups excluding tert-OH is 2. The fourth-order valence-electron chi connectivity index (χ4n) is 18.1. The number of methoxy groups -OCH3 is 1. The van der Waals surface area contributed by atoms with E-state index >= 15 is 0 Å². The number of likely N-dealkylation sites (tertiary alicyclic amines) is 6. The number of carbonyl (C=O) groups excluding carboxylic acids is 5. The van der Waals surface area contributed by atoms with Crippen molar-refractivity contribution in [3.05, 3.63) is 0 Å². The first-order valence-corrected chi connectivity index (χ1v) is 50.6. The van der Waals surface area contributed by atoms with Crippen LogP contribution >= 0.6 is 0 Å². The summed E-state index contributed by atoms with van der Waals surface area (Å²) in [5.41, 5.74) is 4.07. The molecule has 0 spiro atoms. The van der Waals surface area contributed by atoms with Gasteiger partial charge < -0.3 is 35.4 Å². The third-order valence-electron chi connectivity index (χ3n) is 27.5. The van der Waals surface area contributed by atoms with Gasteiger partial charge in [0.05, 0.1) is 45.5 Å². The minimum absolute atomic E-state index is 0. The van der Waals surface area contributed by atoms with Crippen molar-refractivity contribution in [2.24, 2.45) is 107 Å². The molecule has 4 N–H and O–H groups in total. The molecule has 0 aromatic rings. The summed E-state index contributed by atoms with van der Waals surface area (Å²) in [6.45, 7) is 109. The molecule has 0 amide bonds. The molecule has 10 unspecified atom stereocenters. The number of halogens is 1. The molecular formula is C111H229FN8O8. The fourth-order valence-corrected chi connectivity index (χ4v) is 18.1. The maximum absolute atomic E-state index is 13.9. The van der Waals surface area contributed by atoms with Gasteiger partial charge in [-0.25, -0.2) is 4.39 Å². The van der Waals surface area contributed by atoms with Gasteiger partial charge >= 0.3 is 0 Å². The minimum atomic E-state index is -0.793. The number of rotatable bonds is 17. The SMILES string of the molecule is C.C.CC(=O)C(C)N1CCC(C(C)(C)C)CC1.CC(=O)C(CO)C(C)(C)C.CC(=O)CN1CC(C(C)(C)C)CC1CO.CC(=O)CN1CCC(C(C)(C)C)C(F)C1.CC(=O)CN1CCC(C(C)(C)C)CC1.CC(C)(C)C.CC(C)(C)CCN1CCCC1.CCC1CC(C(C)(C)C)CN1.CCCC(C)(C)C.CN1CCC(C(C)(C)C)CC1.COCC1CC(C(C)(C)C)CN1. The Hall–Kier alpha value is -2.16. The molecule has 8 aliphatic heterocycles. The Morgan fingerprint density at radius 1 is 0.438 bits per heavy atom. The van der Waals surface area contributed by atoms with E-state index in [-0.39, 0.29) is 85.6 Å². The van der Waals surface area contributed by atoms with Crippen LogP contribution in [-0.2, 0) is 28.7 Å². The highest BCUT2D eigenvalue weighted by Gasteiger charge is 2.41. The van der Waals surface area contributed by atoms with Crippen LogP contribution in [0.4, 0.5) is 4.39 Å². The number of alkyl halides is 1. The Morgan fingerprint density at radius 3 is 1.09 bits per heavy atom. The number of nitrogens with zero attached hydrogens (tertiary/aromatic N) is 6. The van der Waals surface area contributed by atoms with Gasteiger partial charge in [0.15, 0.2) is 0 Å². The Morgan fingerprint density at radius 2 is 0.805 bits per heavy atom. The van der Waals surface area contributed by atoms with Crippen LogP contribution in [0.3, 0.4) is 0 Å². The zero-order valence-corrected chi connectivity index (χ0v) is 92.4. The average molecular weight is 1820 g/mol. The first-order valence-electron chi connectivity index (χ1n) is 50.6. The van der Waals surface area contributed by atoms with Crippen molar-refractivity contribution in [1.82, 2.24) is 40.0 Å². The molecule has 8 heterocycles. The summed E-state index contributed by atoms with van der Waals surface area (Å²) >= 11 is 0. The first kappa shape index (κ1) is 134. The number of nitrogens with one attached hydrogen (secondary N) is 2. The second-order valence-electron chi connectivity index (χ2n) is 52.6. The molecule has 10 atom stereocenters. The normalized spacial score (nSPS) is 23.6. The lowest BCUT2D eigenvalue weighted by Crippen LogP contribution is -2.47. The van der Waals surface area contributed by atoms with E-state index in [1.807, 2.05) is 32.6 Å². The van der Waals surface area contributed by atoms with Gasteiger partial charge in [-0.3, -0.25) is 43.6 Å². The van der Waals surface area contributed by atoms with Crippen LogP contribution in [0.5, 0.6) is 0 Å². The van der Waals surface area contributed by atoms with Crippen LogP contribution in [0.25, 0.3) is 0 Å². The Kier molecular flexibility index (Phi) is 65.7. The number of hydrogen-bond acceptors (Lipinski definition) is 16. The predicted octanol–water partition coefficient (Wildman–Crippen LogP) is 25.0. The lowest BCUT2D eigenvalue weighted by Gasteiger charge is -2.40. The summed E-state index contributed by atoms with van der Waals surface area (Å²) < 4.78 is 19.0. The van der Waals surface area contributed by atoms with Crippen molar-refractivity contribution in [3.8, 4) is 0 Å². The third kappa shape index (κ3) is 65.6. The van der Waals surface area contributed by atoms with Gasteiger partial charge in [0.2, 0.25) is 0 Å². The monoisotopic (exact) mass is 1820 g/mol. The molecule has 16 nitrogen and oxygen atoms in total. The van der Waals surface area contributed by atoms with Crippen molar-refractivity contribution in [2.75, 3.05) is 145 Å². The van der Waals surface area contributed by atoms with Crippen LogP contribution in [-0.4, -0.2) is 244 Å². The molecule has 0 aromatic heterocycles. The number of ketones is 5. The molecule has 0 saturated carbocycles. The number of hydrogen-bond donors (Lipinski definition) is 4. The van der Waals surface area contributed by atoms with Gasteiger partial charge in [0.1, 0.15) is 35.1 Å². The van der Waals surface area contributed by atoms with Gasteiger partial charge in [-0.2, -0.15) is 0 Å². The Labute approximate surface area is 798 Å². The number of carbonyl (C=O) groups is 5. The van der Waals surface area contributed by atoms with Gasteiger partial charge in [0, 0.05) is 44.2 Å². The predicted molar refractivity (Wildman–Crippen MR) is 557 cm³/mol. The molecule has 8 saturated heterocycles. The van der Waals surface area contributed by atoms with E-state index in [2.05, 4.69) is 271 Å².